The third-order valence-electron chi connectivity index (χ3n) is 6.30. The Morgan fingerprint density at radius 2 is 0.946 bits per heavy atom. The van der Waals surface area contributed by atoms with Gasteiger partial charge < -0.3 is 24.3 Å². The van der Waals surface area contributed by atoms with E-state index in [4.69, 9.17) is 18.9 Å². The molecule has 1 N–H and O–H groups in total. The molecule has 0 aliphatic heterocycles. The molecule has 0 atom stereocenters. The number of hydrogen-bond acceptors (Lipinski definition) is 5. The minimum Gasteiger partial charge on any atom is -0.493 e. The zero-order chi connectivity index (χ0) is 26.2. The van der Waals surface area contributed by atoms with E-state index in [9.17, 15) is 4.79 Å². The average molecular weight is 498 g/mol. The highest BCUT2D eigenvalue weighted by Crippen LogP contribution is 2.36. The van der Waals surface area contributed by atoms with Gasteiger partial charge in [-0.25, -0.2) is 0 Å². The average Bonchev–Trinajstić information content (AvgIpc) is 2.96. The van der Waals surface area contributed by atoms with Gasteiger partial charge in [0.2, 0.25) is 5.91 Å². The molecule has 0 aromatic heterocycles. The topological polar surface area (TPSA) is 66.0 Å². The van der Waals surface area contributed by atoms with Crippen LogP contribution in [0.5, 0.6) is 23.0 Å². The molecule has 0 heterocycles. The van der Waals surface area contributed by atoms with Gasteiger partial charge in [-0.3, -0.25) is 4.79 Å². The van der Waals surface area contributed by atoms with Crippen LogP contribution in [0.2, 0.25) is 0 Å². The molecule has 4 aromatic rings. The van der Waals surface area contributed by atoms with Crippen molar-refractivity contribution >= 4 is 5.91 Å². The molecule has 0 aliphatic carbocycles. The summed E-state index contributed by atoms with van der Waals surface area (Å²) in [4.78, 5) is 14.0. The quantitative estimate of drug-likeness (QED) is 0.302. The van der Waals surface area contributed by atoms with E-state index in [0.717, 1.165) is 22.3 Å². The SMILES string of the molecule is COc1ccc(C(NC(=O)C(c2ccccc2)c2ccccc2)c2ccc(OC)c(OC)c2)cc1OC. The largest absolute Gasteiger partial charge is 0.493 e. The van der Waals surface area contributed by atoms with Crippen LogP contribution in [0.3, 0.4) is 0 Å². The number of amides is 1. The Labute approximate surface area is 217 Å². The standard InChI is InChI=1S/C31H31NO5/c1-34-25-17-15-23(19-27(25)36-3)30(24-16-18-26(35-2)28(20-24)37-4)32-31(33)29(21-11-7-5-8-12-21)22-13-9-6-10-14-22/h5-20,29-30H,1-4H3,(H,32,33). The van der Waals surface area contributed by atoms with Crippen LogP contribution < -0.4 is 24.3 Å². The molecule has 0 spiro atoms. The second kappa shape index (κ2) is 12.0. The Balaban J connectivity index is 1.80. The van der Waals surface area contributed by atoms with E-state index < -0.39 is 12.0 Å². The smallest absolute Gasteiger partial charge is 0.232 e. The summed E-state index contributed by atoms with van der Waals surface area (Å²) in [6.45, 7) is 0. The lowest BCUT2D eigenvalue weighted by Crippen LogP contribution is -2.34. The summed E-state index contributed by atoms with van der Waals surface area (Å²) in [6, 6.07) is 30.3. The third-order valence-corrected chi connectivity index (χ3v) is 6.30. The van der Waals surface area contributed by atoms with Gasteiger partial charge in [0.15, 0.2) is 23.0 Å². The van der Waals surface area contributed by atoms with Crippen molar-refractivity contribution in [2.75, 3.05) is 28.4 Å². The van der Waals surface area contributed by atoms with Crippen molar-refractivity contribution < 1.29 is 23.7 Å². The molecule has 37 heavy (non-hydrogen) atoms. The van der Waals surface area contributed by atoms with E-state index in [2.05, 4.69) is 5.32 Å². The summed E-state index contributed by atoms with van der Waals surface area (Å²) in [6.07, 6.45) is 0. The molecule has 0 saturated carbocycles. The van der Waals surface area contributed by atoms with Crippen molar-refractivity contribution in [1.29, 1.82) is 0 Å². The van der Waals surface area contributed by atoms with Gasteiger partial charge in [-0.15, -0.1) is 0 Å². The molecule has 6 heteroatoms. The van der Waals surface area contributed by atoms with Crippen LogP contribution in [0.1, 0.15) is 34.2 Å². The highest BCUT2D eigenvalue weighted by atomic mass is 16.5. The Kier molecular flexibility index (Phi) is 8.31. The maximum atomic E-state index is 14.0. The fourth-order valence-corrected chi connectivity index (χ4v) is 4.44. The molecular weight excluding hydrogens is 466 g/mol. The van der Waals surface area contributed by atoms with Gasteiger partial charge in [0, 0.05) is 0 Å². The number of carbonyl (C=O) groups excluding carboxylic acids is 1. The molecule has 0 unspecified atom stereocenters. The van der Waals surface area contributed by atoms with Crippen LogP contribution in [-0.2, 0) is 4.79 Å². The number of methoxy groups -OCH3 is 4. The van der Waals surface area contributed by atoms with E-state index in [-0.39, 0.29) is 5.91 Å². The molecule has 4 rings (SSSR count). The van der Waals surface area contributed by atoms with Crippen molar-refractivity contribution in [1.82, 2.24) is 5.32 Å². The van der Waals surface area contributed by atoms with Crippen LogP contribution in [0.4, 0.5) is 0 Å². The predicted molar refractivity (Wildman–Crippen MR) is 144 cm³/mol. The van der Waals surface area contributed by atoms with E-state index in [0.29, 0.717) is 23.0 Å². The lowest BCUT2D eigenvalue weighted by atomic mass is 9.89. The molecular formula is C31H31NO5. The van der Waals surface area contributed by atoms with Crippen molar-refractivity contribution in [3.8, 4) is 23.0 Å². The minimum absolute atomic E-state index is 0.132. The van der Waals surface area contributed by atoms with E-state index in [1.54, 1.807) is 28.4 Å². The molecule has 0 saturated heterocycles. The second-order valence-corrected chi connectivity index (χ2v) is 8.42. The number of rotatable bonds is 10. The third kappa shape index (κ3) is 5.70. The van der Waals surface area contributed by atoms with Crippen molar-refractivity contribution in [2.24, 2.45) is 0 Å². The highest BCUT2D eigenvalue weighted by Gasteiger charge is 2.27. The first-order valence-corrected chi connectivity index (χ1v) is 11.9. The summed E-state index contributed by atoms with van der Waals surface area (Å²) < 4.78 is 22.0. The molecule has 1 amide bonds. The first-order valence-electron chi connectivity index (χ1n) is 11.9. The molecule has 0 aliphatic rings. The Morgan fingerprint density at radius 1 is 0.541 bits per heavy atom. The van der Waals surface area contributed by atoms with Crippen LogP contribution in [0.25, 0.3) is 0 Å². The fraction of sp³-hybridized carbons (Fsp3) is 0.194. The highest BCUT2D eigenvalue weighted by molar-refractivity contribution is 5.88. The van der Waals surface area contributed by atoms with Gasteiger partial charge >= 0.3 is 0 Å². The summed E-state index contributed by atoms with van der Waals surface area (Å²) >= 11 is 0. The summed E-state index contributed by atoms with van der Waals surface area (Å²) in [5, 5.41) is 3.29. The van der Waals surface area contributed by atoms with Gasteiger partial charge in [-0.2, -0.15) is 0 Å². The number of carbonyl (C=O) groups is 1. The van der Waals surface area contributed by atoms with Crippen LogP contribution in [0.15, 0.2) is 97.1 Å². The zero-order valence-corrected chi connectivity index (χ0v) is 21.4. The Morgan fingerprint density at radius 3 is 1.32 bits per heavy atom. The fourth-order valence-electron chi connectivity index (χ4n) is 4.44. The molecule has 190 valence electrons. The number of ether oxygens (including phenoxy) is 4. The molecule has 6 nitrogen and oxygen atoms in total. The minimum atomic E-state index is -0.498. The van der Waals surface area contributed by atoms with Crippen molar-refractivity contribution in [3.05, 3.63) is 119 Å². The maximum Gasteiger partial charge on any atom is 0.232 e. The van der Waals surface area contributed by atoms with Crippen LogP contribution in [-0.4, -0.2) is 34.3 Å². The van der Waals surface area contributed by atoms with Gasteiger partial charge in [-0.05, 0) is 46.5 Å². The zero-order valence-electron chi connectivity index (χ0n) is 21.4. The van der Waals surface area contributed by atoms with Crippen molar-refractivity contribution in [2.45, 2.75) is 12.0 Å². The second-order valence-electron chi connectivity index (χ2n) is 8.42. The van der Waals surface area contributed by atoms with Crippen molar-refractivity contribution in [3.63, 3.8) is 0 Å². The van der Waals surface area contributed by atoms with Gasteiger partial charge in [0.25, 0.3) is 0 Å². The molecule has 0 bridgehead atoms. The molecule has 4 aromatic carbocycles. The lowest BCUT2D eigenvalue weighted by molar-refractivity contribution is -0.122. The summed E-state index contributed by atoms with van der Waals surface area (Å²) in [5.74, 6) is 1.73. The number of nitrogens with one attached hydrogen (secondary N) is 1. The van der Waals surface area contributed by atoms with Gasteiger partial charge in [-0.1, -0.05) is 72.8 Å². The Hall–Kier alpha value is -4.45. The van der Waals surface area contributed by atoms with E-state index in [1.165, 1.54) is 0 Å². The van der Waals surface area contributed by atoms with Gasteiger partial charge in [0.1, 0.15) is 0 Å². The first kappa shape index (κ1) is 25.6. The van der Waals surface area contributed by atoms with Crippen LogP contribution in [0, 0.1) is 0 Å². The predicted octanol–water partition coefficient (Wildman–Crippen LogP) is 5.76. The van der Waals surface area contributed by atoms with Gasteiger partial charge in [0.05, 0.1) is 40.4 Å². The number of hydrogen-bond donors (Lipinski definition) is 1. The van der Waals surface area contributed by atoms with E-state index in [1.807, 2.05) is 97.1 Å². The lowest BCUT2D eigenvalue weighted by Gasteiger charge is -2.25. The Bertz CT molecular complexity index is 1230. The molecule has 0 radical (unpaired) electrons. The number of benzene rings is 4. The normalized spacial score (nSPS) is 10.8. The summed E-state index contributed by atoms with van der Waals surface area (Å²) in [7, 11) is 6.36. The van der Waals surface area contributed by atoms with E-state index >= 15 is 0 Å². The summed E-state index contributed by atoms with van der Waals surface area (Å²) in [5.41, 5.74) is 3.48. The first-order chi connectivity index (χ1) is 18.1. The molecule has 0 fully saturated rings. The maximum absolute atomic E-state index is 14.0. The monoisotopic (exact) mass is 497 g/mol. The van der Waals surface area contributed by atoms with Crippen LogP contribution >= 0.6 is 0 Å².